The fourth-order valence-electron chi connectivity index (χ4n) is 2.92. The maximum Gasteiger partial charge on any atom is 0.318 e. The maximum atomic E-state index is 12.4. The Labute approximate surface area is 122 Å². The number of nitrogens with zero attached hydrogens (tertiary/aromatic N) is 1. The summed E-state index contributed by atoms with van der Waals surface area (Å²) in [5.41, 5.74) is 0.784. The first-order valence-electron chi connectivity index (χ1n) is 7.61. The Morgan fingerprint density at radius 2 is 1.75 bits per heavy atom. The predicted octanol–water partition coefficient (Wildman–Crippen LogP) is 3.90. The minimum atomic E-state index is -0.346. The number of hydrogen-bond donors (Lipinski definition) is 1. The standard InChI is InChI=1S/C17H26N2O/c1-17(2,14-10-6-4-7-11-14)18-16(20)19(3)15-12-8-5-9-13-15/h4,6-7,10-11,15H,5,8-9,12-13H2,1-3H3,(H,18,20). The Balaban J connectivity index is 1.99. The number of rotatable bonds is 3. The number of nitrogens with one attached hydrogen (secondary N) is 1. The highest BCUT2D eigenvalue weighted by molar-refractivity contribution is 5.75. The van der Waals surface area contributed by atoms with E-state index < -0.39 is 0 Å². The van der Waals surface area contributed by atoms with Crippen LogP contribution < -0.4 is 5.32 Å². The molecular weight excluding hydrogens is 248 g/mol. The molecule has 0 radical (unpaired) electrons. The highest BCUT2D eigenvalue weighted by Gasteiger charge is 2.27. The minimum Gasteiger partial charge on any atom is -0.329 e. The molecule has 0 bridgehead atoms. The molecule has 0 aromatic heterocycles. The van der Waals surface area contributed by atoms with E-state index in [1.54, 1.807) is 0 Å². The fourth-order valence-corrected chi connectivity index (χ4v) is 2.92. The van der Waals surface area contributed by atoms with Crippen LogP contribution in [-0.4, -0.2) is 24.0 Å². The minimum absolute atomic E-state index is 0.0331. The van der Waals surface area contributed by atoms with Crippen molar-refractivity contribution in [2.45, 2.75) is 57.5 Å². The van der Waals surface area contributed by atoms with Crippen LogP contribution in [-0.2, 0) is 5.54 Å². The van der Waals surface area contributed by atoms with E-state index in [2.05, 4.69) is 31.3 Å². The zero-order valence-corrected chi connectivity index (χ0v) is 12.9. The molecule has 0 spiro atoms. The van der Waals surface area contributed by atoms with Gasteiger partial charge in [0.15, 0.2) is 0 Å². The molecule has 0 atom stereocenters. The summed E-state index contributed by atoms with van der Waals surface area (Å²) in [6.45, 7) is 4.10. The first kappa shape index (κ1) is 14.9. The van der Waals surface area contributed by atoms with Crippen molar-refractivity contribution in [1.82, 2.24) is 10.2 Å². The lowest BCUT2D eigenvalue weighted by Crippen LogP contribution is -2.50. The molecule has 110 valence electrons. The van der Waals surface area contributed by atoms with Gasteiger partial charge in [-0.2, -0.15) is 0 Å². The third-order valence-electron chi connectivity index (χ3n) is 4.36. The van der Waals surface area contributed by atoms with Gasteiger partial charge in [0.05, 0.1) is 5.54 Å². The zero-order chi connectivity index (χ0) is 14.6. The molecule has 2 rings (SSSR count). The van der Waals surface area contributed by atoms with Gasteiger partial charge in [0, 0.05) is 13.1 Å². The monoisotopic (exact) mass is 274 g/mol. The van der Waals surface area contributed by atoms with E-state index in [-0.39, 0.29) is 11.6 Å². The van der Waals surface area contributed by atoms with Gasteiger partial charge in [-0.15, -0.1) is 0 Å². The quantitative estimate of drug-likeness (QED) is 0.891. The Morgan fingerprint density at radius 3 is 2.35 bits per heavy atom. The number of carbonyl (C=O) groups excluding carboxylic acids is 1. The first-order chi connectivity index (χ1) is 9.50. The molecule has 3 heteroatoms. The van der Waals surface area contributed by atoms with Crippen LogP contribution in [0.5, 0.6) is 0 Å². The van der Waals surface area contributed by atoms with Gasteiger partial charge in [0.25, 0.3) is 0 Å². The number of hydrogen-bond acceptors (Lipinski definition) is 1. The highest BCUT2D eigenvalue weighted by Crippen LogP contribution is 2.23. The summed E-state index contributed by atoms with van der Waals surface area (Å²) in [5, 5.41) is 3.16. The summed E-state index contributed by atoms with van der Waals surface area (Å²) in [5.74, 6) is 0. The average Bonchev–Trinajstić information content (AvgIpc) is 2.48. The molecule has 2 amide bonds. The van der Waals surface area contributed by atoms with Crippen LogP contribution in [0.1, 0.15) is 51.5 Å². The number of amides is 2. The molecule has 3 nitrogen and oxygen atoms in total. The molecule has 1 aromatic carbocycles. The third-order valence-corrected chi connectivity index (χ3v) is 4.36. The lowest BCUT2D eigenvalue weighted by atomic mass is 9.93. The van der Waals surface area contributed by atoms with E-state index >= 15 is 0 Å². The largest absolute Gasteiger partial charge is 0.329 e. The van der Waals surface area contributed by atoms with Gasteiger partial charge in [-0.05, 0) is 32.3 Å². The zero-order valence-electron chi connectivity index (χ0n) is 12.9. The molecule has 1 N–H and O–H groups in total. The van der Waals surface area contributed by atoms with Gasteiger partial charge in [-0.1, -0.05) is 49.6 Å². The fraction of sp³-hybridized carbons (Fsp3) is 0.588. The summed E-state index contributed by atoms with van der Waals surface area (Å²) < 4.78 is 0. The Kier molecular flexibility index (Phi) is 4.69. The van der Waals surface area contributed by atoms with Crippen LogP contribution in [0.25, 0.3) is 0 Å². The third kappa shape index (κ3) is 3.53. The van der Waals surface area contributed by atoms with E-state index in [9.17, 15) is 4.79 Å². The van der Waals surface area contributed by atoms with Crippen molar-refractivity contribution in [1.29, 1.82) is 0 Å². The van der Waals surface area contributed by atoms with E-state index in [1.807, 2.05) is 30.1 Å². The topological polar surface area (TPSA) is 32.3 Å². The van der Waals surface area contributed by atoms with E-state index in [1.165, 1.54) is 19.3 Å². The normalized spacial score (nSPS) is 16.8. The van der Waals surface area contributed by atoms with Crippen molar-refractivity contribution in [3.63, 3.8) is 0 Å². The summed E-state index contributed by atoms with van der Waals surface area (Å²) in [6.07, 6.45) is 6.06. The van der Waals surface area contributed by atoms with Crippen LogP contribution in [0, 0.1) is 0 Å². The van der Waals surface area contributed by atoms with E-state index in [0.29, 0.717) is 6.04 Å². The van der Waals surface area contributed by atoms with Gasteiger partial charge in [-0.3, -0.25) is 0 Å². The molecule has 1 aromatic rings. The molecule has 20 heavy (non-hydrogen) atoms. The number of benzene rings is 1. The summed E-state index contributed by atoms with van der Waals surface area (Å²) in [7, 11) is 1.92. The Bertz CT molecular complexity index is 436. The summed E-state index contributed by atoms with van der Waals surface area (Å²) >= 11 is 0. The van der Waals surface area contributed by atoms with Crippen molar-refractivity contribution in [2.24, 2.45) is 0 Å². The molecule has 1 fully saturated rings. The molecule has 1 saturated carbocycles. The average molecular weight is 274 g/mol. The predicted molar refractivity (Wildman–Crippen MR) is 82.6 cm³/mol. The molecular formula is C17H26N2O. The van der Waals surface area contributed by atoms with Crippen molar-refractivity contribution < 1.29 is 4.79 Å². The lowest BCUT2D eigenvalue weighted by molar-refractivity contribution is 0.164. The summed E-state index contributed by atoms with van der Waals surface area (Å²) in [6, 6.07) is 10.6. The molecule has 0 aliphatic heterocycles. The smallest absolute Gasteiger partial charge is 0.318 e. The second-order valence-corrected chi connectivity index (χ2v) is 6.32. The van der Waals surface area contributed by atoms with Gasteiger partial charge >= 0.3 is 6.03 Å². The van der Waals surface area contributed by atoms with E-state index in [0.717, 1.165) is 18.4 Å². The molecule has 1 aliphatic carbocycles. The van der Waals surface area contributed by atoms with Crippen LogP contribution in [0.3, 0.4) is 0 Å². The van der Waals surface area contributed by atoms with Gasteiger partial charge in [0.2, 0.25) is 0 Å². The summed E-state index contributed by atoms with van der Waals surface area (Å²) in [4.78, 5) is 14.3. The second-order valence-electron chi connectivity index (χ2n) is 6.32. The van der Waals surface area contributed by atoms with Crippen molar-refractivity contribution in [3.05, 3.63) is 35.9 Å². The molecule has 0 saturated heterocycles. The van der Waals surface area contributed by atoms with E-state index in [4.69, 9.17) is 0 Å². The van der Waals surface area contributed by atoms with Crippen LogP contribution in [0.2, 0.25) is 0 Å². The molecule has 0 unspecified atom stereocenters. The van der Waals surface area contributed by atoms with Gasteiger partial charge < -0.3 is 10.2 Å². The second kappa shape index (κ2) is 6.29. The van der Waals surface area contributed by atoms with Gasteiger partial charge in [0.1, 0.15) is 0 Å². The molecule has 1 aliphatic rings. The van der Waals surface area contributed by atoms with Crippen molar-refractivity contribution in [3.8, 4) is 0 Å². The van der Waals surface area contributed by atoms with Crippen molar-refractivity contribution >= 4 is 6.03 Å². The van der Waals surface area contributed by atoms with Gasteiger partial charge in [-0.25, -0.2) is 4.79 Å². The van der Waals surface area contributed by atoms with Crippen LogP contribution >= 0.6 is 0 Å². The SMILES string of the molecule is CN(C(=O)NC(C)(C)c1ccccc1)C1CCCCC1. The van der Waals surface area contributed by atoms with Crippen LogP contribution in [0.15, 0.2) is 30.3 Å². The van der Waals surface area contributed by atoms with Crippen LogP contribution in [0.4, 0.5) is 4.79 Å². The number of urea groups is 1. The molecule has 0 heterocycles. The maximum absolute atomic E-state index is 12.4. The number of carbonyl (C=O) groups is 1. The Hall–Kier alpha value is -1.51. The highest BCUT2D eigenvalue weighted by atomic mass is 16.2. The Morgan fingerprint density at radius 1 is 1.15 bits per heavy atom. The first-order valence-corrected chi connectivity index (χ1v) is 7.61. The van der Waals surface area contributed by atoms with Crippen molar-refractivity contribution in [2.75, 3.05) is 7.05 Å². The lowest BCUT2D eigenvalue weighted by Gasteiger charge is -2.35.